The number of nitro groups is 1. The highest BCUT2D eigenvalue weighted by molar-refractivity contribution is 5.75. The Balaban J connectivity index is 1.84. The average molecular weight is 415 g/mol. The lowest BCUT2D eigenvalue weighted by molar-refractivity contribution is -0.384. The molecule has 31 heavy (non-hydrogen) atoms. The molecule has 0 atom stereocenters. The first-order valence-electron chi connectivity index (χ1n) is 9.88. The Hall–Kier alpha value is -4.13. The fraction of sp³-hybridized carbons (Fsp3) is 0.125. The second-order valence-corrected chi connectivity index (χ2v) is 7.20. The molecule has 156 valence electrons. The van der Waals surface area contributed by atoms with Crippen molar-refractivity contribution in [3.05, 3.63) is 94.0 Å². The third kappa shape index (κ3) is 4.11. The van der Waals surface area contributed by atoms with Gasteiger partial charge in [0.2, 0.25) is 0 Å². The van der Waals surface area contributed by atoms with E-state index in [1.54, 1.807) is 36.4 Å². The van der Waals surface area contributed by atoms with Crippen molar-refractivity contribution in [1.29, 1.82) is 0 Å². The number of hydrogen-bond donors (Lipinski definition) is 2. The maximum Gasteiger partial charge on any atom is 0.269 e. The summed E-state index contributed by atoms with van der Waals surface area (Å²) in [6, 6.07) is 20.3. The molecule has 0 amide bonds. The lowest BCUT2D eigenvalue weighted by Gasteiger charge is -2.10. The molecule has 7 heteroatoms. The second-order valence-electron chi connectivity index (χ2n) is 7.20. The van der Waals surface area contributed by atoms with Crippen molar-refractivity contribution in [3.8, 4) is 34.0 Å². The number of nitro benzene ring substituents is 1. The van der Waals surface area contributed by atoms with E-state index in [-0.39, 0.29) is 17.2 Å². The number of rotatable bonds is 6. The summed E-state index contributed by atoms with van der Waals surface area (Å²) in [5.74, 6) is 0.368. The summed E-state index contributed by atoms with van der Waals surface area (Å²) >= 11 is 0. The SMILES string of the molecule is CCc1c(-c2ccc(O)cc2)nn(Cc2ccc([N+](=O)[O-])cc2)c1-c1ccc(O)cc1. The van der Waals surface area contributed by atoms with Crippen LogP contribution in [0.15, 0.2) is 72.8 Å². The second kappa shape index (κ2) is 8.31. The molecule has 1 aromatic heterocycles. The maximum atomic E-state index is 11.0. The zero-order valence-electron chi connectivity index (χ0n) is 16.9. The van der Waals surface area contributed by atoms with Gasteiger partial charge in [0.25, 0.3) is 5.69 Å². The van der Waals surface area contributed by atoms with Crippen LogP contribution in [0.25, 0.3) is 22.5 Å². The van der Waals surface area contributed by atoms with E-state index in [1.807, 2.05) is 28.9 Å². The molecule has 4 aromatic rings. The fourth-order valence-corrected chi connectivity index (χ4v) is 3.64. The monoisotopic (exact) mass is 415 g/mol. The number of hydrogen-bond acceptors (Lipinski definition) is 5. The molecule has 4 rings (SSSR count). The Labute approximate surface area is 179 Å². The minimum atomic E-state index is -0.419. The zero-order chi connectivity index (χ0) is 22.0. The van der Waals surface area contributed by atoms with Crippen LogP contribution in [0.2, 0.25) is 0 Å². The van der Waals surface area contributed by atoms with Crippen molar-refractivity contribution in [3.63, 3.8) is 0 Å². The van der Waals surface area contributed by atoms with E-state index in [0.717, 1.165) is 40.1 Å². The Morgan fingerprint density at radius 3 is 1.94 bits per heavy atom. The van der Waals surface area contributed by atoms with Crippen molar-refractivity contribution in [2.45, 2.75) is 19.9 Å². The standard InChI is InChI=1S/C24H21N3O4/c1-2-22-23(17-5-11-20(28)12-6-17)25-26(24(22)18-7-13-21(29)14-8-18)15-16-3-9-19(10-4-16)27(30)31/h3-14,28-29H,2,15H2,1H3. The number of nitrogens with zero attached hydrogens (tertiary/aromatic N) is 3. The van der Waals surface area contributed by atoms with Gasteiger partial charge in [0.15, 0.2) is 0 Å². The van der Waals surface area contributed by atoms with Gasteiger partial charge in [-0.25, -0.2) is 0 Å². The molecule has 0 unspecified atom stereocenters. The van der Waals surface area contributed by atoms with E-state index in [1.165, 1.54) is 12.1 Å². The van der Waals surface area contributed by atoms with E-state index in [4.69, 9.17) is 5.10 Å². The van der Waals surface area contributed by atoms with Crippen molar-refractivity contribution in [2.24, 2.45) is 0 Å². The molecule has 0 aliphatic heterocycles. The lowest BCUT2D eigenvalue weighted by atomic mass is 9.99. The molecule has 7 nitrogen and oxygen atoms in total. The minimum absolute atomic E-state index is 0.0435. The first-order valence-corrected chi connectivity index (χ1v) is 9.88. The molecule has 0 aliphatic carbocycles. The number of aromatic hydroxyl groups is 2. The number of phenolic OH excluding ortho intramolecular Hbond substituents is 2. The van der Waals surface area contributed by atoms with Crippen LogP contribution < -0.4 is 0 Å². The van der Waals surface area contributed by atoms with Gasteiger partial charge in [-0.05, 0) is 60.5 Å². The summed E-state index contributed by atoms with van der Waals surface area (Å²) < 4.78 is 1.88. The van der Waals surface area contributed by atoms with Gasteiger partial charge in [0.1, 0.15) is 11.5 Å². The van der Waals surface area contributed by atoms with Gasteiger partial charge in [-0.2, -0.15) is 5.10 Å². The summed E-state index contributed by atoms with van der Waals surface area (Å²) in [5, 5.41) is 35.2. The average Bonchev–Trinajstić information content (AvgIpc) is 3.13. The molecule has 0 spiro atoms. The molecule has 0 fully saturated rings. The summed E-state index contributed by atoms with van der Waals surface area (Å²) in [5.41, 5.74) is 5.50. The largest absolute Gasteiger partial charge is 0.508 e. The van der Waals surface area contributed by atoms with Crippen molar-refractivity contribution < 1.29 is 15.1 Å². The predicted molar refractivity (Wildman–Crippen MR) is 118 cm³/mol. The van der Waals surface area contributed by atoms with E-state index < -0.39 is 4.92 Å². The van der Waals surface area contributed by atoms with E-state index in [9.17, 15) is 20.3 Å². The van der Waals surface area contributed by atoms with Crippen LogP contribution in [0.4, 0.5) is 5.69 Å². The third-order valence-electron chi connectivity index (χ3n) is 5.17. The third-order valence-corrected chi connectivity index (χ3v) is 5.17. The number of aromatic nitrogens is 2. The topological polar surface area (TPSA) is 101 Å². The van der Waals surface area contributed by atoms with Crippen molar-refractivity contribution >= 4 is 5.69 Å². The van der Waals surface area contributed by atoms with Crippen LogP contribution in [-0.4, -0.2) is 24.9 Å². The molecule has 0 saturated heterocycles. The highest BCUT2D eigenvalue weighted by Gasteiger charge is 2.20. The molecule has 0 bridgehead atoms. The van der Waals surface area contributed by atoms with E-state index >= 15 is 0 Å². The van der Waals surface area contributed by atoms with Crippen LogP contribution in [0, 0.1) is 10.1 Å². The van der Waals surface area contributed by atoms with Crippen LogP contribution in [0.5, 0.6) is 11.5 Å². The van der Waals surface area contributed by atoms with Gasteiger partial charge in [0, 0.05) is 28.8 Å². The van der Waals surface area contributed by atoms with Crippen molar-refractivity contribution in [2.75, 3.05) is 0 Å². The number of phenols is 2. The first-order chi connectivity index (χ1) is 15.0. The Morgan fingerprint density at radius 2 is 1.42 bits per heavy atom. The molecular formula is C24H21N3O4. The van der Waals surface area contributed by atoms with E-state index in [2.05, 4.69) is 6.92 Å². The quantitative estimate of drug-likeness (QED) is 0.335. The smallest absolute Gasteiger partial charge is 0.269 e. The molecule has 1 heterocycles. The summed E-state index contributed by atoms with van der Waals surface area (Å²) in [7, 11) is 0. The highest BCUT2D eigenvalue weighted by atomic mass is 16.6. The summed E-state index contributed by atoms with van der Waals surface area (Å²) in [6.45, 7) is 2.49. The maximum absolute atomic E-state index is 11.0. The van der Waals surface area contributed by atoms with Gasteiger partial charge in [-0.15, -0.1) is 0 Å². The van der Waals surface area contributed by atoms with Crippen LogP contribution in [0.3, 0.4) is 0 Å². The molecule has 2 N–H and O–H groups in total. The van der Waals surface area contributed by atoms with Gasteiger partial charge in [-0.1, -0.05) is 19.1 Å². The Kier molecular flexibility index (Phi) is 5.41. The van der Waals surface area contributed by atoms with Gasteiger partial charge in [0.05, 0.1) is 22.9 Å². The summed E-state index contributed by atoms with van der Waals surface area (Å²) in [4.78, 5) is 10.5. The lowest BCUT2D eigenvalue weighted by Crippen LogP contribution is -2.04. The molecular weight excluding hydrogens is 394 g/mol. The first kappa shape index (κ1) is 20.2. The van der Waals surface area contributed by atoms with Crippen LogP contribution in [-0.2, 0) is 13.0 Å². The molecule has 3 aromatic carbocycles. The molecule has 0 aliphatic rings. The van der Waals surface area contributed by atoms with Gasteiger partial charge < -0.3 is 10.2 Å². The van der Waals surface area contributed by atoms with Crippen LogP contribution >= 0.6 is 0 Å². The summed E-state index contributed by atoms with van der Waals surface area (Å²) in [6.07, 6.45) is 0.729. The fourth-order valence-electron chi connectivity index (χ4n) is 3.64. The predicted octanol–water partition coefficient (Wildman–Crippen LogP) is 5.15. The molecule has 0 saturated carbocycles. The number of benzene rings is 3. The Morgan fingerprint density at radius 1 is 0.871 bits per heavy atom. The number of non-ortho nitro benzene ring substituents is 1. The van der Waals surface area contributed by atoms with Gasteiger partial charge in [-0.3, -0.25) is 14.8 Å². The minimum Gasteiger partial charge on any atom is -0.508 e. The van der Waals surface area contributed by atoms with Crippen molar-refractivity contribution in [1.82, 2.24) is 9.78 Å². The molecule has 0 radical (unpaired) electrons. The van der Waals surface area contributed by atoms with E-state index in [0.29, 0.717) is 6.54 Å². The Bertz CT molecular complexity index is 1210. The van der Waals surface area contributed by atoms with Crippen LogP contribution in [0.1, 0.15) is 18.1 Å². The normalized spacial score (nSPS) is 10.9. The zero-order valence-corrected chi connectivity index (χ0v) is 16.9. The van der Waals surface area contributed by atoms with Gasteiger partial charge >= 0.3 is 0 Å². The highest BCUT2D eigenvalue weighted by Crippen LogP contribution is 2.34.